The van der Waals surface area contributed by atoms with Crippen molar-refractivity contribution >= 4 is 74.6 Å². The first-order chi connectivity index (χ1) is 36.8. The van der Waals surface area contributed by atoms with E-state index in [4.69, 9.17) is 24.7 Å². The lowest BCUT2D eigenvalue weighted by Crippen LogP contribution is -2.56. The second-order valence-corrected chi connectivity index (χ2v) is 21.2. The number of nitrogens with one attached hydrogen (secondary N) is 6. The fourth-order valence-corrected chi connectivity index (χ4v) is 10.8. The smallest absolute Gasteiger partial charge is 0.243 e. The minimum Gasteiger partial charge on any atom is -0.491 e. The van der Waals surface area contributed by atoms with Gasteiger partial charge >= 0.3 is 0 Å². The summed E-state index contributed by atoms with van der Waals surface area (Å²) in [6.45, 7) is 6.62. The summed E-state index contributed by atoms with van der Waals surface area (Å²) in [5.41, 5.74) is 6.12. The van der Waals surface area contributed by atoms with Crippen molar-refractivity contribution in [3.8, 4) is 5.75 Å². The van der Waals surface area contributed by atoms with Gasteiger partial charge in [-0.05, 0) is 36.5 Å². The molecule has 7 amide bonds. The number of primary amides is 1. The predicted molar refractivity (Wildman–Crippen MR) is 276 cm³/mol. The molecule has 2 aromatic rings. The second-order valence-electron chi connectivity index (χ2n) is 19.8. The van der Waals surface area contributed by atoms with E-state index in [2.05, 4.69) is 38.5 Å². The molecule has 1 saturated heterocycles. The van der Waals surface area contributed by atoms with Crippen LogP contribution in [0, 0.1) is 23.7 Å². The fourth-order valence-electron chi connectivity index (χ4n) is 9.35. The number of benzene rings is 1. The zero-order chi connectivity index (χ0) is 56.3. The molecule has 25 nitrogen and oxygen atoms in total. The monoisotopic (exact) mass is 1100 g/mol. The SMILES string of the molecule is CCCCOCCOCCOCCOc1ccc2c3c([nH]c2c1)[S@](=O)CC1NC(=O)CNC(=O)[C@H]([C@@H](C)CC)NC(=O)CNC(=O)C(CC(=O)[C@H]([C@@H](C)[C@@H](O)CO)NC(=O)[C@@H]2CC(O)CN2C(=O)[C@H](CC(N)=O)CC1=O)C3. The van der Waals surface area contributed by atoms with Crippen LogP contribution >= 0.6 is 0 Å². The molecule has 3 unspecified atom stereocenters. The van der Waals surface area contributed by atoms with Gasteiger partial charge < -0.3 is 76.5 Å². The number of aliphatic hydroxyl groups excluding tert-OH is 3. The average molecular weight is 1110 g/mol. The van der Waals surface area contributed by atoms with E-state index in [-0.39, 0.29) is 36.6 Å². The van der Waals surface area contributed by atoms with E-state index in [1.807, 2.05) is 0 Å². The highest BCUT2D eigenvalue weighted by atomic mass is 32.2. The number of carbonyl (C=O) groups excluding carboxylic acids is 9. The van der Waals surface area contributed by atoms with E-state index in [9.17, 15) is 58.5 Å². The molecule has 5 rings (SSSR count). The van der Waals surface area contributed by atoms with Crippen LogP contribution in [0.3, 0.4) is 0 Å². The average Bonchev–Trinajstić information content (AvgIpc) is 3.98. The van der Waals surface area contributed by atoms with Crippen molar-refractivity contribution < 1.29 is 81.6 Å². The molecule has 26 heteroatoms. The van der Waals surface area contributed by atoms with E-state index in [0.717, 1.165) is 17.7 Å². The summed E-state index contributed by atoms with van der Waals surface area (Å²) >= 11 is 0. The number of fused-ring (bicyclic) bond motifs is 5. The topological polar surface area (TPSA) is 374 Å². The van der Waals surface area contributed by atoms with Crippen LogP contribution in [0.5, 0.6) is 5.75 Å². The summed E-state index contributed by atoms with van der Waals surface area (Å²) in [5, 5.41) is 44.7. The molecular weight excluding hydrogens is 1030 g/mol. The molecule has 11 N–H and O–H groups in total. The summed E-state index contributed by atoms with van der Waals surface area (Å²) in [5.74, 6) is -13.3. The molecule has 4 heterocycles. The van der Waals surface area contributed by atoms with Gasteiger partial charge in [-0.2, -0.15) is 0 Å². The first kappa shape index (κ1) is 61.9. The third-order valence-corrected chi connectivity index (χ3v) is 15.4. The van der Waals surface area contributed by atoms with Crippen molar-refractivity contribution in [2.75, 3.05) is 78.2 Å². The van der Waals surface area contributed by atoms with E-state index in [0.29, 0.717) is 56.1 Å². The number of rotatable bonds is 20. The van der Waals surface area contributed by atoms with Crippen LogP contribution in [-0.2, 0) is 74.6 Å². The van der Waals surface area contributed by atoms with Crippen molar-refractivity contribution in [3.05, 3.63) is 23.8 Å². The molecule has 0 aliphatic carbocycles. The van der Waals surface area contributed by atoms with Gasteiger partial charge in [-0.15, -0.1) is 0 Å². The number of nitrogens with zero attached hydrogens (tertiary/aromatic N) is 1. The van der Waals surface area contributed by atoms with Gasteiger partial charge in [-0.25, -0.2) is 0 Å². The Labute approximate surface area is 449 Å². The van der Waals surface area contributed by atoms with Crippen molar-refractivity contribution in [2.45, 2.75) is 120 Å². The number of ether oxygens (including phenoxy) is 4. The Morgan fingerprint density at radius 1 is 0.818 bits per heavy atom. The number of Topliss-reactive ketones (excluding diaryl/α,β-unsaturated/α-hetero) is 2. The Hall–Kier alpha value is -5.90. The molecule has 1 aromatic heterocycles. The Morgan fingerprint density at radius 3 is 2.12 bits per heavy atom. The van der Waals surface area contributed by atoms with E-state index in [1.54, 1.807) is 32.0 Å². The van der Waals surface area contributed by atoms with Gasteiger partial charge in [0.1, 0.15) is 29.5 Å². The molecule has 0 spiro atoms. The maximum Gasteiger partial charge on any atom is 0.243 e. The number of unbranched alkanes of at least 4 members (excludes halogenated alkanes) is 1. The summed E-state index contributed by atoms with van der Waals surface area (Å²) in [4.78, 5) is 130. The number of aromatic amines is 1. The van der Waals surface area contributed by atoms with Crippen molar-refractivity contribution in [1.29, 1.82) is 0 Å². The fraction of sp³-hybridized carbons (Fsp3) is 0.667. The number of hydrogen-bond donors (Lipinski definition) is 10. The zero-order valence-electron chi connectivity index (χ0n) is 44.1. The molecule has 3 aliphatic heterocycles. The molecule has 1 fully saturated rings. The number of amides is 7. The second kappa shape index (κ2) is 30.3. The molecule has 428 valence electrons. The molecule has 1 aromatic carbocycles. The van der Waals surface area contributed by atoms with Gasteiger partial charge in [0.15, 0.2) is 11.6 Å². The van der Waals surface area contributed by atoms with Gasteiger partial charge in [-0.1, -0.05) is 40.5 Å². The number of aliphatic hydroxyl groups is 3. The maximum atomic E-state index is 15.0. The first-order valence-corrected chi connectivity index (χ1v) is 27.5. The number of hydrogen-bond acceptors (Lipinski definition) is 17. The van der Waals surface area contributed by atoms with Crippen LogP contribution in [0.15, 0.2) is 23.2 Å². The van der Waals surface area contributed by atoms with E-state index >= 15 is 4.21 Å². The lowest BCUT2D eigenvalue weighted by molar-refractivity contribution is -0.145. The number of nitrogens with two attached hydrogens (primary N) is 1. The number of ketones is 2. The molecule has 11 atom stereocenters. The van der Waals surface area contributed by atoms with Gasteiger partial charge in [0.05, 0.1) is 105 Å². The van der Waals surface area contributed by atoms with Crippen molar-refractivity contribution in [3.63, 3.8) is 0 Å². The summed E-state index contributed by atoms with van der Waals surface area (Å²) < 4.78 is 37.7. The summed E-state index contributed by atoms with van der Waals surface area (Å²) in [6.07, 6.45) is -3.55. The third kappa shape index (κ3) is 17.8. The third-order valence-electron chi connectivity index (χ3n) is 14.0. The molecule has 0 saturated carbocycles. The minimum atomic E-state index is -2.33. The summed E-state index contributed by atoms with van der Waals surface area (Å²) in [6, 6.07) is -1.28. The highest BCUT2D eigenvalue weighted by molar-refractivity contribution is 7.85. The number of H-pyrrole nitrogens is 1. The Morgan fingerprint density at radius 2 is 1.47 bits per heavy atom. The van der Waals surface area contributed by atoms with Gasteiger partial charge in [0, 0.05) is 62.1 Å². The lowest BCUT2D eigenvalue weighted by Gasteiger charge is -2.32. The zero-order valence-corrected chi connectivity index (χ0v) is 45.0. The molecular formula is C51H76N8O17S. The Bertz CT molecular complexity index is 2440. The van der Waals surface area contributed by atoms with Gasteiger partial charge in [0.2, 0.25) is 41.4 Å². The molecule has 2 bridgehead atoms. The Balaban J connectivity index is 1.61. The van der Waals surface area contributed by atoms with Gasteiger partial charge in [-0.3, -0.25) is 47.4 Å². The maximum absolute atomic E-state index is 15.0. The number of carbonyl (C=O) groups is 9. The normalized spacial score (nSPS) is 25.9. The first-order valence-electron chi connectivity index (χ1n) is 26.2. The van der Waals surface area contributed by atoms with Gasteiger partial charge in [0.25, 0.3) is 0 Å². The Kier molecular flexibility index (Phi) is 24.4. The van der Waals surface area contributed by atoms with Crippen LogP contribution in [0.2, 0.25) is 0 Å². The highest BCUT2D eigenvalue weighted by Crippen LogP contribution is 2.33. The van der Waals surface area contributed by atoms with Crippen molar-refractivity contribution in [2.24, 2.45) is 29.4 Å². The number of aromatic nitrogens is 1. The highest BCUT2D eigenvalue weighted by Gasteiger charge is 2.45. The van der Waals surface area contributed by atoms with E-state index in [1.165, 1.54) is 6.92 Å². The van der Waals surface area contributed by atoms with Crippen molar-refractivity contribution in [1.82, 2.24) is 36.5 Å². The van der Waals surface area contributed by atoms with Crippen LogP contribution in [0.25, 0.3) is 10.9 Å². The van der Waals surface area contributed by atoms with Crippen LogP contribution in [-0.4, -0.2) is 197 Å². The molecule has 3 aliphatic rings. The van der Waals surface area contributed by atoms with E-state index < -0.39 is 175 Å². The predicted octanol–water partition coefficient (Wildman–Crippen LogP) is -2.22. The standard InChI is InChI=1S/C51H76N8O17S/c1-5-7-10-73-11-12-74-13-14-75-15-16-76-33-8-9-34-35-17-30-18-40(63)46(29(4)41(64)26-60)58-48(69)38-21-32(61)25-59(38)51(71)31(20-42(52)65)19-39(62)37(27-77(72)50(35)56-36(34)22-33)55-43(66)23-54-49(70)45(28(3)6-2)57-44(67)24-53-47(30)68/h8-9,22,28-32,37-38,41,45-46,56,60-61,64H,5-7,10-21,23-27H2,1-4H3,(H2,52,65)(H,53,68)(H,54,70)(H,55,66)(H,57,67)(H,58,69)/t28-,29-,30?,31-,32?,37?,38-,41-,45-,46-,77+/m0/s1. The molecule has 77 heavy (non-hydrogen) atoms. The van der Waals surface area contributed by atoms with Crippen LogP contribution in [0.4, 0.5) is 0 Å². The largest absolute Gasteiger partial charge is 0.491 e. The van der Waals surface area contributed by atoms with Crippen LogP contribution in [0.1, 0.15) is 78.2 Å². The lowest BCUT2D eigenvalue weighted by atomic mass is 9.85. The summed E-state index contributed by atoms with van der Waals surface area (Å²) in [7, 11) is -2.33. The molecule has 0 radical (unpaired) electrons. The van der Waals surface area contributed by atoms with Crippen LogP contribution < -0.4 is 37.1 Å². The quantitative estimate of drug-likeness (QED) is 0.0628. The minimum absolute atomic E-state index is 0.0641.